The molecule has 108 valence electrons. The Hall–Kier alpha value is -2.31. The van der Waals surface area contributed by atoms with Crippen LogP contribution in [0.2, 0.25) is 0 Å². The number of imidazole rings is 1. The summed E-state index contributed by atoms with van der Waals surface area (Å²) in [5.41, 5.74) is 2.44. The minimum absolute atomic E-state index is 0.521. The van der Waals surface area contributed by atoms with Crippen LogP contribution in [0.4, 0.5) is 0 Å². The topological polar surface area (TPSA) is 47.3 Å². The van der Waals surface area contributed by atoms with Crippen molar-refractivity contribution < 1.29 is 4.79 Å². The fraction of sp³-hybridized carbons (Fsp3) is 0.0625. The second kappa shape index (κ2) is 5.47. The summed E-state index contributed by atoms with van der Waals surface area (Å²) in [5.74, 6) is 0. The summed E-state index contributed by atoms with van der Waals surface area (Å²) in [5, 5.41) is 7.49. The highest BCUT2D eigenvalue weighted by molar-refractivity contribution is 7.16. The summed E-state index contributed by atoms with van der Waals surface area (Å²) in [4.78, 5) is 17.8. The molecule has 0 amide bonds. The van der Waals surface area contributed by atoms with Gasteiger partial charge < -0.3 is 0 Å². The summed E-state index contributed by atoms with van der Waals surface area (Å²) in [6, 6.07) is 14.1. The van der Waals surface area contributed by atoms with Gasteiger partial charge in [-0.2, -0.15) is 9.61 Å². The number of nitrogens with zero attached hydrogens (tertiary/aromatic N) is 3. The largest absolute Gasteiger partial charge is 0.296 e. The summed E-state index contributed by atoms with van der Waals surface area (Å²) in [7, 11) is 0. The summed E-state index contributed by atoms with van der Waals surface area (Å²) in [6.45, 7) is 0. The number of thiophene rings is 1. The number of carbonyl (C=O) groups is 1. The van der Waals surface area contributed by atoms with Crippen LogP contribution in [-0.4, -0.2) is 20.9 Å². The molecule has 0 N–H and O–H groups in total. The molecule has 3 aromatic heterocycles. The molecule has 3 heterocycles. The van der Waals surface area contributed by atoms with Gasteiger partial charge in [0.25, 0.3) is 0 Å². The second-order valence-electron chi connectivity index (χ2n) is 4.79. The Kier molecular flexibility index (Phi) is 3.32. The summed E-state index contributed by atoms with van der Waals surface area (Å²) >= 11 is 3.10. The van der Waals surface area contributed by atoms with E-state index in [9.17, 15) is 4.79 Å². The van der Waals surface area contributed by atoms with Gasteiger partial charge in [-0.05, 0) is 17.0 Å². The Morgan fingerprint density at radius 1 is 1.14 bits per heavy atom. The van der Waals surface area contributed by atoms with Crippen LogP contribution in [-0.2, 0) is 6.42 Å². The standard InChI is InChI=1S/C16H11N3OS2/c20-10-12-15(13-7-4-8-21-13)17-16-19(12)18-14(22-16)9-11-5-2-1-3-6-11/h1-8,10H,9H2. The van der Waals surface area contributed by atoms with Gasteiger partial charge in [0.1, 0.15) is 16.4 Å². The lowest BCUT2D eigenvalue weighted by Gasteiger charge is -1.96. The van der Waals surface area contributed by atoms with Crippen LogP contribution in [0, 0.1) is 0 Å². The van der Waals surface area contributed by atoms with E-state index in [1.807, 2.05) is 35.7 Å². The van der Waals surface area contributed by atoms with E-state index in [0.717, 1.165) is 33.2 Å². The third-order valence-electron chi connectivity index (χ3n) is 3.34. The van der Waals surface area contributed by atoms with Gasteiger partial charge in [-0.3, -0.25) is 4.79 Å². The minimum Gasteiger partial charge on any atom is -0.296 e. The molecule has 0 bridgehead atoms. The predicted molar refractivity (Wildman–Crippen MR) is 88.8 cm³/mol. The Morgan fingerprint density at radius 3 is 2.73 bits per heavy atom. The van der Waals surface area contributed by atoms with Crippen molar-refractivity contribution in [1.29, 1.82) is 0 Å². The van der Waals surface area contributed by atoms with Gasteiger partial charge in [0.05, 0.1) is 4.88 Å². The Labute approximate surface area is 134 Å². The first-order valence-corrected chi connectivity index (χ1v) is 8.46. The van der Waals surface area contributed by atoms with E-state index >= 15 is 0 Å². The van der Waals surface area contributed by atoms with E-state index in [-0.39, 0.29) is 0 Å². The number of hydrogen-bond acceptors (Lipinski definition) is 5. The van der Waals surface area contributed by atoms with E-state index in [0.29, 0.717) is 5.69 Å². The molecule has 0 aliphatic heterocycles. The second-order valence-corrected chi connectivity index (χ2v) is 6.78. The fourth-order valence-electron chi connectivity index (χ4n) is 2.35. The number of rotatable bonds is 4. The molecular weight excluding hydrogens is 314 g/mol. The van der Waals surface area contributed by atoms with Crippen molar-refractivity contribution in [3.63, 3.8) is 0 Å². The van der Waals surface area contributed by atoms with Gasteiger partial charge >= 0.3 is 0 Å². The van der Waals surface area contributed by atoms with E-state index < -0.39 is 0 Å². The third-order valence-corrected chi connectivity index (χ3v) is 5.13. The molecule has 0 radical (unpaired) electrons. The first-order valence-electron chi connectivity index (χ1n) is 6.76. The maximum Gasteiger partial charge on any atom is 0.213 e. The van der Waals surface area contributed by atoms with E-state index in [1.165, 1.54) is 16.9 Å². The molecule has 0 aliphatic carbocycles. The molecule has 0 aliphatic rings. The predicted octanol–water partition coefficient (Wildman–Crippen LogP) is 3.92. The Bertz CT molecular complexity index is 923. The zero-order valence-electron chi connectivity index (χ0n) is 11.5. The molecule has 0 saturated heterocycles. The van der Waals surface area contributed by atoms with Crippen molar-refractivity contribution in [1.82, 2.24) is 14.6 Å². The van der Waals surface area contributed by atoms with Crippen LogP contribution in [0.3, 0.4) is 0 Å². The molecule has 0 unspecified atom stereocenters. The van der Waals surface area contributed by atoms with Crippen LogP contribution in [0.1, 0.15) is 21.1 Å². The van der Waals surface area contributed by atoms with Gasteiger partial charge in [-0.25, -0.2) is 4.98 Å². The molecule has 4 aromatic rings. The highest BCUT2D eigenvalue weighted by atomic mass is 32.1. The maximum atomic E-state index is 11.5. The number of hydrogen-bond donors (Lipinski definition) is 0. The van der Waals surface area contributed by atoms with E-state index in [4.69, 9.17) is 0 Å². The van der Waals surface area contributed by atoms with Gasteiger partial charge in [-0.1, -0.05) is 47.7 Å². The lowest BCUT2D eigenvalue weighted by molar-refractivity contribution is 0.111. The zero-order chi connectivity index (χ0) is 14.9. The number of fused-ring (bicyclic) bond motifs is 1. The molecule has 0 fully saturated rings. The molecule has 0 saturated carbocycles. The Morgan fingerprint density at radius 2 is 2.00 bits per heavy atom. The zero-order valence-corrected chi connectivity index (χ0v) is 13.1. The van der Waals surface area contributed by atoms with Crippen molar-refractivity contribution in [3.05, 3.63) is 64.1 Å². The minimum atomic E-state index is 0.521. The molecule has 6 heteroatoms. The van der Waals surface area contributed by atoms with Crippen LogP contribution in [0.5, 0.6) is 0 Å². The average molecular weight is 325 g/mol. The fourth-order valence-corrected chi connectivity index (χ4v) is 4.00. The molecule has 1 aromatic carbocycles. The lowest BCUT2D eigenvalue weighted by atomic mass is 10.2. The molecule has 22 heavy (non-hydrogen) atoms. The number of benzene rings is 1. The van der Waals surface area contributed by atoms with E-state index in [2.05, 4.69) is 22.2 Å². The van der Waals surface area contributed by atoms with Crippen molar-refractivity contribution in [2.75, 3.05) is 0 Å². The summed E-state index contributed by atoms with van der Waals surface area (Å²) < 4.78 is 1.66. The van der Waals surface area contributed by atoms with Gasteiger partial charge in [-0.15, -0.1) is 11.3 Å². The SMILES string of the molecule is O=Cc1c(-c2cccs2)nc2sc(Cc3ccccc3)nn12. The number of carbonyl (C=O) groups excluding carboxylic acids is 1. The van der Waals surface area contributed by atoms with Crippen molar-refractivity contribution in [3.8, 4) is 10.6 Å². The van der Waals surface area contributed by atoms with Gasteiger partial charge in [0, 0.05) is 6.42 Å². The molecule has 4 rings (SSSR count). The van der Waals surface area contributed by atoms with Crippen LogP contribution in [0.15, 0.2) is 47.8 Å². The third kappa shape index (κ3) is 2.26. The maximum absolute atomic E-state index is 11.5. The molecular formula is C16H11N3OS2. The molecule has 0 spiro atoms. The lowest BCUT2D eigenvalue weighted by Crippen LogP contribution is -1.95. The smallest absolute Gasteiger partial charge is 0.213 e. The molecule has 4 nitrogen and oxygen atoms in total. The van der Waals surface area contributed by atoms with Crippen LogP contribution < -0.4 is 0 Å². The van der Waals surface area contributed by atoms with Crippen molar-refractivity contribution in [2.45, 2.75) is 6.42 Å². The van der Waals surface area contributed by atoms with Crippen molar-refractivity contribution >= 4 is 33.9 Å². The highest BCUT2D eigenvalue weighted by Crippen LogP contribution is 2.29. The highest BCUT2D eigenvalue weighted by Gasteiger charge is 2.18. The van der Waals surface area contributed by atoms with Gasteiger partial charge in [0.2, 0.25) is 4.96 Å². The van der Waals surface area contributed by atoms with Crippen molar-refractivity contribution in [2.24, 2.45) is 0 Å². The Balaban J connectivity index is 1.76. The number of aromatic nitrogens is 3. The molecule has 0 atom stereocenters. The van der Waals surface area contributed by atoms with Crippen LogP contribution in [0.25, 0.3) is 15.5 Å². The van der Waals surface area contributed by atoms with Crippen LogP contribution >= 0.6 is 22.7 Å². The quantitative estimate of drug-likeness (QED) is 0.534. The monoisotopic (exact) mass is 325 g/mol. The van der Waals surface area contributed by atoms with Gasteiger partial charge in [0.15, 0.2) is 6.29 Å². The first kappa shape index (κ1) is 13.4. The first-order chi connectivity index (χ1) is 10.8. The average Bonchev–Trinajstić information content (AvgIpc) is 3.22. The normalized spacial score (nSPS) is 11.1. The van der Waals surface area contributed by atoms with E-state index in [1.54, 1.807) is 15.9 Å². The summed E-state index contributed by atoms with van der Waals surface area (Å²) in [6.07, 6.45) is 1.59. The number of aldehydes is 1.